The molecule has 5 rings (SSSR count). The van der Waals surface area contributed by atoms with Crippen LogP contribution in [0.1, 0.15) is 10.4 Å². The van der Waals surface area contributed by atoms with Crippen LogP contribution in [0.3, 0.4) is 0 Å². The summed E-state index contributed by atoms with van der Waals surface area (Å²) >= 11 is 1.54. The van der Waals surface area contributed by atoms with Crippen molar-refractivity contribution in [2.24, 2.45) is 0 Å². The number of carbonyl (C=O) groups excluding carboxylic acids is 1. The lowest BCUT2D eigenvalue weighted by molar-refractivity contribution is -0.115. The van der Waals surface area contributed by atoms with Crippen molar-refractivity contribution in [2.45, 2.75) is 18.8 Å². The Morgan fingerprint density at radius 3 is 2.69 bits per heavy atom. The molecule has 0 spiro atoms. The summed E-state index contributed by atoms with van der Waals surface area (Å²) in [6.45, 7) is 0.370. The van der Waals surface area contributed by atoms with E-state index < -0.39 is 9.84 Å². The summed E-state index contributed by atoms with van der Waals surface area (Å²) in [4.78, 5) is 29.3. The highest BCUT2D eigenvalue weighted by molar-refractivity contribution is 7.89. The molecule has 0 atom stereocenters. The summed E-state index contributed by atoms with van der Waals surface area (Å²) < 4.78 is 25.3. The molecule has 10 nitrogen and oxygen atoms in total. The topological polar surface area (TPSA) is 122 Å². The SMILES string of the molecule is CN(Cn1c(NC(=O)Cc2cccs2)nc2ccccc21)c1ccnc(Nc2cccc(CS(C)(=O)=O)c2)n1. The van der Waals surface area contributed by atoms with Crippen molar-refractivity contribution in [2.75, 3.05) is 28.8 Å². The summed E-state index contributed by atoms with van der Waals surface area (Å²) in [5.41, 5.74) is 3.02. The highest BCUT2D eigenvalue weighted by Gasteiger charge is 2.16. The van der Waals surface area contributed by atoms with E-state index in [0.29, 0.717) is 35.6 Å². The molecule has 0 saturated heterocycles. The molecular formula is C27H27N7O3S2. The van der Waals surface area contributed by atoms with Gasteiger partial charge in [0.15, 0.2) is 9.84 Å². The number of aromatic nitrogens is 4. The maximum Gasteiger partial charge on any atom is 0.231 e. The first kappa shape index (κ1) is 26.3. The molecule has 2 N–H and O–H groups in total. The molecule has 200 valence electrons. The van der Waals surface area contributed by atoms with E-state index in [9.17, 15) is 13.2 Å². The van der Waals surface area contributed by atoms with Crippen LogP contribution < -0.4 is 15.5 Å². The van der Waals surface area contributed by atoms with E-state index in [4.69, 9.17) is 0 Å². The lowest BCUT2D eigenvalue weighted by Crippen LogP contribution is -2.25. The minimum Gasteiger partial charge on any atom is -0.341 e. The first-order valence-corrected chi connectivity index (χ1v) is 15.0. The number of anilines is 4. The zero-order valence-corrected chi connectivity index (χ0v) is 23.0. The average Bonchev–Trinajstić information content (AvgIpc) is 3.51. The predicted octanol–water partition coefficient (Wildman–Crippen LogP) is 4.45. The van der Waals surface area contributed by atoms with E-state index in [2.05, 4.69) is 25.6 Å². The van der Waals surface area contributed by atoms with Crippen LogP contribution >= 0.6 is 11.3 Å². The Balaban J connectivity index is 1.35. The Labute approximate surface area is 230 Å². The molecule has 0 fully saturated rings. The Bertz CT molecular complexity index is 1720. The molecule has 0 bridgehead atoms. The van der Waals surface area contributed by atoms with Crippen LogP contribution in [-0.4, -0.2) is 47.1 Å². The summed E-state index contributed by atoms with van der Waals surface area (Å²) in [5.74, 6) is 1.30. The van der Waals surface area contributed by atoms with Crippen molar-refractivity contribution in [3.8, 4) is 0 Å². The number of para-hydroxylation sites is 2. The quantitative estimate of drug-likeness (QED) is 0.256. The molecule has 0 aliphatic carbocycles. The van der Waals surface area contributed by atoms with Gasteiger partial charge in [0.25, 0.3) is 0 Å². The second-order valence-corrected chi connectivity index (χ2v) is 12.3. The number of nitrogens with one attached hydrogen (secondary N) is 2. The van der Waals surface area contributed by atoms with Crippen molar-refractivity contribution < 1.29 is 13.2 Å². The smallest absolute Gasteiger partial charge is 0.231 e. The zero-order chi connectivity index (χ0) is 27.4. The molecule has 12 heteroatoms. The zero-order valence-electron chi connectivity index (χ0n) is 21.4. The Morgan fingerprint density at radius 2 is 1.90 bits per heavy atom. The van der Waals surface area contributed by atoms with Crippen molar-refractivity contribution in [3.63, 3.8) is 0 Å². The molecule has 3 aromatic heterocycles. The van der Waals surface area contributed by atoms with Crippen molar-refractivity contribution in [1.82, 2.24) is 19.5 Å². The van der Waals surface area contributed by atoms with Gasteiger partial charge in [0.1, 0.15) is 5.82 Å². The Hall–Kier alpha value is -4.29. The van der Waals surface area contributed by atoms with Gasteiger partial charge in [0.2, 0.25) is 17.8 Å². The number of benzene rings is 2. The molecule has 0 saturated carbocycles. The van der Waals surface area contributed by atoms with Gasteiger partial charge in [0.05, 0.1) is 29.9 Å². The summed E-state index contributed by atoms with van der Waals surface area (Å²) in [7, 11) is -1.26. The molecule has 0 aliphatic heterocycles. The van der Waals surface area contributed by atoms with E-state index in [1.807, 2.05) is 64.4 Å². The molecule has 0 unspecified atom stereocenters. The van der Waals surface area contributed by atoms with Crippen molar-refractivity contribution >= 4 is 61.5 Å². The third-order valence-electron chi connectivity index (χ3n) is 5.82. The number of amides is 1. The minimum absolute atomic E-state index is 0.0444. The molecule has 2 aromatic carbocycles. The van der Waals surface area contributed by atoms with E-state index in [1.165, 1.54) is 6.26 Å². The van der Waals surface area contributed by atoms with Crippen LogP contribution in [0, 0.1) is 0 Å². The summed E-state index contributed by atoms with van der Waals surface area (Å²) in [6.07, 6.45) is 3.14. The van der Waals surface area contributed by atoms with E-state index in [-0.39, 0.29) is 18.1 Å². The predicted molar refractivity (Wildman–Crippen MR) is 155 cm³/mol. The number of nitrogens with zero attached hydrogens (tertiary/aromatic N) is 5. The van der Waals surface area contributed by atoms with E-state index in [0.717, 1.165) is 15.9 Å². The molecule has 0 aliphatic rings. The van der Waals surface area contributed by atoms with Crippen LogP contribution in [0.5, 0.6) is 0 Å². The molecule has 5 aromatic rings. The van der Waals surface area contributed by atoms with Crippen LogP contribution in [0.4, 0.5) is 23.4 Å². The maximum atomic E-state index is 12.7. The monoisotopic (exact) mass is 561 g/mol. The third-order valence-corrected chi connectivity index (χ3v) is 7.55. The van der Waals surface area contributed by atoms with E-state index in [1.54, 1.807) is 41.8 Å². The highest BCUT2D eigenvalue weighted by atomic mass is 32.2. The maximum absolute atomic E-state index is 12.7. The van der Waals surface area contributed by atoms with Gasteiger partial charge in [-0.3, -0.25) is 14.7 Å². The van der Waals surface area contributed by atoms with Gasteiger partial charge in [-0.05, 0) is 47.3 Å². The normalized spacial score (nSPS) is 11.4. The molecule has 39 heavy (non-hydrogen) atoms. The van der Waals surface area contributed by atoms with Gasteiger partial charge in [0, 0.05) is 30.1 Å². The lowest BCUT2D eigenvalue weighted by Gasteiger charge is -2.21. The second-order valence-electron chi connectivity index (χ2n) is 9.13. The molecule has 0 radical (unpaired) electrons. The van der Waals surface area contributed by atoms with Crippen LogP contribution in [0.2, 0.25) is 0 Å². The average molecular weight is 562 g/mol. The van der Waals surface area contributed by atoms with Crippen LogP contribution in [-0.2, 0) is 33.5 Å². The molecule has 3 heterocycles. The van der Waals surface area contributed by atoms with Gasteiger partial charge in [-0.25, -0.2) is 18.4 Å². The Morgan fingerprint density at radius 1 is 1.05 bits per heavy atom. The number of fused-ring (bicyclic) bond motifs is 1. The lowest BCUT2D eigenvalue weighted by atomic mass is 10.2. The molecule has 1 amide bonds. The summed E-state index contributed by atoms with van der Waals surface area (Å²) in [5, 5.41) is 8.07. The number of sulfone groups is 1. The standard InChI is InChI=1S/C27H27N7O3S2/c1-33(24-12-13-28-26(31-24)29-20-8-5-7-19(15-20)17-39(2,36)37)18-34-23-11-4-3-10-22(23)30-27(34)32-25(35)16-21-9-6-14-38-21/h3-15H,16-18H2,1-2H3,(H,28,29,31)(H,30,32,35). The third kappa shape index (κ3) is 6.78. The van der Waals surface area contributed by atoms with Crippen LogP contribution in [0.25, 0.3) is 11.0 Å². The van der Waals surface area contributed by atoms with Gasteiger partial charge in [-0.15, -0.1) is 11.3 Å². The fraction of sp³-hybridized carbons (Fsp3) is 0.185. The van der Waals surface area contributed by atoms with Gasteiger partial charge < -0.3 is 10.2 Å². The fourth-order valence-electron chi connectivity index (χ4n) is 4.13. The van der Waals surface area contributed by atoms with Crippen molar-refractivity contribution in [1.29, 1.82) is 0 Å². The molecular weight excluding hydrogens is 534 g/mol. The van der Waals surface area contributed by atoms with Crippen LogP contribution in [0.15, 0.2) is 78.3 Å². The number of hydrogen-bond donors (Lipinski definition) is 2. The Kier molecular flexibility index (Phi) is 7.57. The van der Waals surface area contributed by atoms with Gasteiger partial charge in [-0.1, -0.05) is 30.3 Å². The minimum atomic E-state index is -3.15. The number of hydrogen-bond acceptors (Lipinski definition) is 9. The summed E-state index contributed by atoms with van der Waals surface area (Å²) in [6, 6.07) is 20.5. The number of rotatable bonds is 10. The largest absolute Gasteiger partial charge is 0.341 e. The first-order valence-electron chi connectivity index (χ1n) is 12.1. The highest BCUT2D eigenvalue weighted by Crippen LogP contribution is 2.23. The van der Waals surface area contributed by atoms with Gasteiger partial charge in [-0.2, -0.15) is 4.98 Å². The number of imidazole rings is 1. The van der Waals surface area contributed by atoms with Crippen molar-refractivity contribution in [3.05, 3.63) is 88.7 Å². The number of carbonyl (C=O) groups is 1. The van der Waals surface area contributed by atoms with Gasteiger partial charge >= 0.3 is 0 Å². The number of thiophene rings is 1. The first-order chi connectivity index (χ1) is 18.7. The van der Waals surface area contributed by atoms with E-state index >= 15 is 0 Å². The second kappa shape index (κ2) is 11.2. The fourth-order valence-corrected chi connectivity index (χ4v) is 5.62.